The highest BCUT2D eigenvalue weighted by Crippen LogP contribution is 2.60. The van der Waals surface area contributed by atoms with Crippen LogP contribution in [-0.2, 0) is 5.60 Å². The van der Waals surface area contributed by atoms with Crippen LogP contribution in [0.25, 0.3) is 0 Å². The minimum absolute atomic E-state index is 0.545. The fraction of sp³-hybridized carbons (Fsp3) is 0.833. The molecule has 0 atom stereocenters. The second-order valence-corrected chi connectivity index (χ2v) is 6.00. The van der Waals surface area contributed by atoms with Gasteiger partial charge in [-0.2, -0.15) is 5.10 Å². The number of aromatic nitrogens is 3. The van der Waals surface area contributed by atoms with Crippen molar-refractivity contribution in [1.82, 2.24) is 14.8 Å². The lowest BCUT2D eigenvalue weighted by atomic mass is 9.54. The van der Waals surface area contributed by atoms with Crippen molar-refractivity contribution in [1.29, 1.82) is 0 Å². The van der Waals surface area contributed by atoms with E-state index in [-0.39, 0.29) is 0 Å². The smallest absolute Gasteiger partial charge is 0.182 e. The fourth-order valence-electron chi connectivity index (χ4n) is 3.22. The van der Waals surface area contributed by atoms with Crippen LogP contribution >= 0.6 is 0 Å². The van der Waals surface area contributed by atoms with Crippen molar-refractivity contribution in [2.75, 3.05) is 0 Å². The number of aliphatic hydroxyl groups is 1. The molecule has 1 N–H and O–H groups in total. The number of hydrogen-bond donors (Lipinski definition) is 1. The Kier molecular flexibility index (Phi) is 1.53. The van der Waals surface area contributed by atoms with Crippen LogP contribution in [0.1, 0.15) is 56.8 Å². The van der Waals surface area contributed by atoms with Crippen molar-refractivity contribution in [3.05, 3.63) is 12.2 Å². The average Bonchev–Trinajstić information content (AvgIpc) is 2.72. The molecular formula is C12H17N3O. The maximum Gasteiger partial charge on any atom is 0.182 e. The van der Waals surface area contributed by atoms with E-state index in [4.69, 9.17) is 0 Å². The van der Waals surface area contributed by atoms with E-state index in [0.717, 1.165) is 12.8 Å². The van der Waals surface area contributed by atoms with Gasteiger partial charge < -0.3 is 5.11 Å². The van der Waals surface area contributed by atoms with Crippen molar-refractivity contribution in [2.24, 2.45) is 5.41 Å². The first kappa shape index (κ1) is 9.16. The lowest BCUT2D eigenvalue weighted by Gasteiger charge is -2.53. The van der Waals surface area contributed by atoms with Gasteiger partial charge in [-0.3, -0.25) is 0 Å². The van der Waals surface area contributed by atoms with Crippen LogP contribution in [0.15, 0.2) is 6.33 Å². The molecule has 16 heavy (non-hydrogen) atoms. The van der Waals surface area contributed by atoms with Gasteiger partial charge in [0.25, 0.3) is 0 Å². The molecule has 0 saturated heterocycles. The summed E-state index contributed by atoms with van der Waals surface area (Å²) < 4.78 is 1.98. The van der Waals surface area contributed by atoms with Gasteiger partial charge in [-0.15, -0.1) is 0 Å². The zero-order chi connectivity index (χ0) is 10.8. The molecule has 0 aromatic carbocycles. The molecule has 0 bridgehead atoms. The normalized spacial score (nSPS) is 29.8. The summed E-state index contributed by atoms with van der Waals surface area (Å²) in [6, 6.07) is 0.545. The molecule has 1 spiro atoms. The van der Waals surface area contributed by atoms with Crippen molar-refractivity contribution in [3.8, 4) is 0 Å². The monoisotopic (exact) mass is 219 g/mol. The molecule has 3 aliphatic rings. The standard InChI is InChI=1S/C12H17N3O/c16-12(4-5-12)10-13-8-15(14-10)9-6-11(7-9)2-1-3-11/h8-9,16H,1-7H2. The van der Waals surface area contributed by atoms with Gasteiger partial charge in [-0.05, 0) is 43.9 Å². The van der Waals surface area contributed by atoms with E-state index in [2.05, 4.69) is 10.1 Å². The summed E-state index contributed by atoms with van der Waals surface area (Å²) in [5, 5.41) is 14.4. The van der Waals surface area contributed by atoms with Crippen LogP contribution in [-0.4, -0.2) is 19.9 Å². The van der Waals surface area contributed by atoms with Gasteiger partial charge in [0.2, 0.25) is 0 Å². The minimum Gasteiger partial charge on any atom is -0.382 e. The Morgan fingerprint density at radius 3 is 2.56 bits per heavy atom. The van der Waals surface area contributed by atoms with Gasteiger partial charge in [0.1, 0.15) is 11.9 Å². The van der Waals surface area contributed by atoms with E-state index in [1.54, 1.807) is 0 Å². The summed E-state index contributed by atoms with van der Waals surface area (Å²) in [5.74, 6) is 0.641. The van der Waals surface area contributed by atoms with E-state index < -0.39 is 5.60 Å². The molecule has 1 aromatic heterocycles. The van der Waals surface area contributed by atoms with Crippen LogP contribution in [0.5, 0.6) is 0 Å². The van der Waals surface area contributed by atoms with Gasteiger partial charge in [0, 0.05) is 0 Å². The number of nitrogens with zero attached hydrogens (tertiary/aromatic N) is 3. The van der Waals surface area contributed by atoms with Crippen molar-refractivity contribution in [3.63, 3.8) is 0 Å². The molecule has 1 heterocycles. The van der Waals surface area contributed by atoms with E-state index >= 15 is 0 Å². The predicted octanol–water partition coefficient (Wildman–Crippen LogP) is 1.76. The van der Waals surface area contributed by atoms with Gasteiger partial charge >= 0.3 is 0 Å². The summed E-state index contributed by atoms with van der Waals surface area (Å²) in [7, 11) is 0. The Morgan fingerprint density at radius 2 is 2.00 bits per heavy atom. The Labute approximate surface area is 94.7 Å². The molecule has 0 aliphatic heterocycles. The molecule has 0 amide bonds. The molecule has 0 radical (unpaired) electrons. The van der Waals surface area contributed by atoms with Crippen LogP contribution in [0.4, 0.5) is 0 Å². The summed E-state index contributed by atoms with van der Waals surface area (Å²) in [6.45, 7) is 0. The summed E-state index contributed by atoms with van der Waals surface area (Å²) in [5.41, 5.74) is -0.00356. The number of hydrogen-bond acceptors (Lipinski definition) is 3. The van der Waals surface area contributed by atoms with Crippen LogP contribution in [0.3, 0.4) is 0 Å². The molecule has 1 aromatic rings. The van der Waals surface area contributed by atoms with Crippen LogP contribution in [0.2, 0.25) is 0 Å². The first-order valence-corrected chi connectivity index (χ1v) is 6.33. The number of rotatable bonds is 2. The van der Waals surface area contributed by atoms with Gasteiger partial charge in [0.15, 0.2) is 5.82 Å². The van der Waals surface area contributed by atoms with Crippen LogP contribution in [0, 0.1) is 5.41 Å². The molecule has 4 heteroatoms. The SMILES string of the molecule is OC1(c2ncn(C3CC4(CCC4)C3)n2)CC1. The maximum atomic E-state index is 9.91. The lowest BCUT2D eigenvalue weighted by Crippen LogP contribution is -2.43. The third-order valence-electron chi connectivity index (χ3n) is 4.77. The zero-order valence-electron chi connectivity index (χ0n) is 9.39. The van der Waals surface area contributed by atoms with E-state index in [1.165, 1.54) is 32.1 Å². The largest absolute Gasteiger partial charge is 0.382 e. The second kappa shape index (κ2) is 2.67. The average molecular weight is 219 g/mol. The molecule has 3 saturated carbocycles. The minimum atomic E-state index is -0.677. The van der Waals surface area contributed by atoms with Crippen molar-refractivity contribution in [2.45, 2.75) is 56.6 Å². The Morgan fingerprint density at radius 1 is 1.25 bits per heavy atom. The quantitative estimate of drug-likeness (QED) is 0.824. The fourth-order valence-corrected chi connectivity index (χ4v) is 3.22. The highest BCUT2D eigenvalue weighted by Gasteiger charge is 2.50. The van der Waals surface area contributed by atoms with Gasteiger partial charge in [-0.1, -0.05) is 6.42 Å². The summed E-state index contributed by atoms with van der Waals surface area (Å²) in [4.78, 5) is 4.25. The zero-order valence-corrected chi connectivity index (χ0v) is 9.39. The second-order valence-electron chi connectivity index (χ2n) is 6.00. The molecule has 3 aliphatic carbocycles. The summed E-state index contributed by atoms with van der Waals surface area (Å²) >= 11 is 0. The molecule has 4 rings (SSSR count). The Hall–Kier alpha value is -0.900. The van der Waals surface area contributed by atoms with Crippen molar-refractivity contribution < 1.29 is 5.11 Å². The van der Waals surface area contributed by atoms with Crippen LogP contribution < -0.4 is 0 Å². The molecule has 4 nitrogen and oxygen atoms in total. The van der Waals surface area contributed by atoms with E-state index in [1.807, 2.05) is 11.0 Å². The lowest BCUT2D eigenvalue weighted by molar-refractivity contribution is -0.0225. The highest BCUT2D eigenvalue weighted by molar-refractivity contribution is 5.10. The molecule has 86 valence electrons. The van der Waals surface area contributed by atoms with E-state index in [9.17, 15) is 5.11 Å². The topological polar surface area (TPSA) is 50.9 Å². The molecular weight excluding hydrogens is 202 g/mol. The first-order valence-electron chi connectivity index (χ1n) is 6.33. The predicted molar refractivity (Wildman–Crippen MR) is 57.7 cm³/mol. The molecule has 0 unspecified atom stereocenters. The Bertz CT molecular complexity index is 423. The summed E-state index contributed by atoms with van der Waals surface area (Å²) in [6.07, 6.45) is 10.2. The third-order valence-corrected chi connectivity index (χ3v) is 4.77. The Balaban J connectivity index is 1.50. The maximum absolute atomic E-state index is 9.91. The van der Waals surface area contributed by atoms with Gasteiger partial charge in [-0.25, -0.2) is 9.67 Å². The molecule has 3 fully saturated rings. The highest BCUT2D eigenvalue weighted by atomic mass is 16.3. The van der Waals surface area contributed by atoms with E-state index in [0.29, 0.717) is 17.3 Å². The first-order chi connectivity index (χ1) is 7.69. The van der Waals surface area contributed by atoms with Crippen molar-refractivity contribution >= 4 is 0 Å². The van der Waals surface area contributed by atoms with Gasteiger partial charge in [0.05, 0.1) is 6.04 Å². The third kappa shape index (κ3) is 1.14.